The highest BCUT2D eigenvalue weighted by molar-refractivity contribution is 7.80. The first-order valence-electron chi connectivity index (χ1n) is 6.74. The molecule has 0 saturated carbocycles. The van der Waals surface area contributed by atoms with Gasteiger partial charge in [0.1, 0.15) is 0 Å². The van der Waals surface area contributed by atoms with E-state index >= 15 is 0 Å². The van der Waals surface area contributed by atoms with Crippen LogP contribution >= 0.6 is 35.4 Å². The Bertz CT molecular complexity index is 797. The Morgan fingerprint density at radius 3 is 2.42 bits per heavy atom. The van der Waals surface area contributed by atoms with Gasteiger partial charge in [0.25, 0.3) is 0 Å². The summed E-state index contributed by atoms with van der Waals surface area (Å²) in [5, 5.41) is 14.5. The highest BCUT2D eigenvalue weighted by atomic mass is 35.5. The van der Waals surface area contributed by atoms with E-state index in [1.165, 1.54) is 12.1 Å². The molecule has 0 aliphatic carbocycles. The molecule has 1 amide bonds. The number of rotatable bonds is 4. The zero-order chi connectivity index (χ0) is 17.7. The van der Waals surface area contributed by atoms with Gasteiger partial charge in [0.05, 0.1) is 22.7 Å². The van der Waals surface area contributed by atoms with Gasteiger partial charge < -0.3 is 15.7 Å². The molecule has 3 N–H and O–H groups in total. The van der Waals surface area contributed by atoms with Crippen LogP contribution in [0.1, 0.15) is 15.9 Å². The van der Waals surface area contributed by atoms with E-state index in [4.69, 9.17) is 35.4 Å². The molecule has 8 heteroatoms. The highest BCUT2D eigenvalue weighted by Crippen LogP contribution is 2.30. The van der Waals surface area contributed by atoms with Crippen LogP contribution in [0, 0.1) is 0 Å². The minimum absolute atomic E-state index is 0.0531. The van der Waals surface area contributed by atoms with Crippen molar-refractivity contribution in [2.75, 3.05) is 5.32 Å². The van der Waals surface area contributed by atoms with Gasteiger partial charge >= 0.3 is 5.97 Å². The predicted molar refractivity (Wildman–Crippen MR) is 97.9 cm³/mol. The number of halogens is 2. The van der Waals surface area contributed by atoms with Crippen LogP contribution < -0.4 is 10.6 Å². The molecule has 2 aromatic rings. The van der Waals surface area contributed by atoms with E-state index in [2.05, 4.69) is 10.6 Å². The number of amides is 1. The van der Waals surface area contributed by atoms with Crippen molar-refractivity contribution in [3.05, 3.63) is 63.6 Å². The van der Waals surface area contributed by atoms with Crippen LogP contribution in [0.4, 0.5) is 5.69 Å². The summed E-state index contributed by atoms with van der Waals surface area (Å²) < 4.78 is 0. The summed E-state index contributed by atoms with van der Waals surface area (Å²) in [7, 11) is 0. The van der Waals surface area contributed by atoms with Crippen LogP contribution in [0.3, 0.4) is 0 Å². The number of benzene rings is 2. The SMILES string of the molecule is O=C(Cc1ccccc1)NC(=S)Nc1c(Cl)cc(Cl)cc1C(=O)O. The lowest BCUT2D eigenvalue weighted by Crippen LogP contribution is -2.35. The van der Waals surface area contributed by atoms with Crippen molar-refractivity contribution in [1.82, 2.24) is 5.32 Å². The third-order valence-corrected chi connectivity index (χ3v) is 3.70. The quantitative estimate of drug-likeness (QED) is 0.701. The second-order valence-corrected chi connectivity index (χ2v) is 6.03. The molecular weight excluding hydrogens is 371 g/mol. The lowest BCUT2D eigenvalue weighted by Gasteiger charge is -2.13. The topological polar surface area (TPSA) is 78.4 Å². The zero-order valence-corrected chi connectivity index (χ0v) is 14.5. The molecule has 24 heavy (non-hydrogen) atoms. The smallest absolute Gasteiger partial charge is 0.337 e. The maximum Gasteiger partial charge on any atom is 0.337 e. The molecule has 0 atom stereocenters. The van der Waals surface area contributed by atoms with Gasteiger partial charge in [-0.2, -0.15) is 0 Å². The zero-order valence-electron chi connectivity index (χ0n) is 12.2. The van der Waals surface area contributed by atoms with Crippen molar-refractivity contribution in [1.29, 1.82) is 0 Å². The van der Waals surface area contributed by atoms with Gasteiger partial charge in [-0.05, 0) is 29.9 Å². The summed E-state index contributed by atoms with van der Waals surface area (Å²) in [6, 6.07) is 11.8. The fraction of sp³-hybridized carbons (Fsp3) is 0.0625. The van der Waals surface area contributed by atoms with Crippen molar-refractivity contribution in [3.63, 3.8) is 0 Å². The maximum atomic E-state index is 12.0. The normalized spacial score (nSPS) is 10.1. The first-order valence-corrected chi connectivity index (χ1v) is 7.90. The number of hydrogen-bond donors (Lipinski definition) is 3. The molecule has 0 bridgehead atoms. The summed E-state index contributed by atoms with van der Waals surface area (Å²) in [5.74, 6) is -1.55. The average molecular weight is 383 g/mol. The molecule has 0 aliphatic rings. The van der Waals surface area contributed by atoms with E-state index in [-0.39, 0.29) is 38.7 Å². The lowest BCUT2D eigenvalue weighted by atomic mass is 10.1. The molecule has 0 spiro atoms. The van der Waals surface area contributed by atoms with E-state index in [1.54, 1.807) is 0 Å². The third kappa shape index (κ3) is 4.92. The Morgan fingerprint density at radius 1 is 1.12 bits per heavy atom. The number of thiocarbonyl (C=S) groups is 1. The average Bonchev–Trinajstić information content (AvgIpc) is 2.50. The van der Waals surface area contributed by atoms with Crippen LogP contribution in [0.5, 0.6) is 0 Å². The summed E-state index contributed by atoms with van der Waals surface area (Å²) in [6.07, 6.45) is 0.142. The van der Waals surface area contributed by atoms with Gasteiger partial charge in [-0.25, -0.2) is 4.79 Å². The van der Waals surface area contributed by atoms with Crippen LogP contribution in [-0.2, 0) is 11.2 Å². The monoisotopic (exact) mass is 382 g/mol. The Hall–Kier alpha value is -2.15. The van der Waals surface area contributed by atoms with Gasteiger partial charge in [-0.1, -0.05) is 53.5 Å². The molecule has 0 aliphatic heterocycles. The van der Waals surface area contributed by atoms with Crippen molar-refractivity contribution in [2.45, 2.75) is 6.42 Å². The van der Waals surface area contributed by atoms with Crippen LogP contribution in [-0.4, -0.2) is 22.1 Å². The van der Waals surface area contributed by atoms with Gasteiger partial charge in [0, 0.05) is 5.02 Å². The van der Waals surface area contributed by atoms with Crippen LogP contribution in [0.2, 0.25) is 10.0 Å². The Labute approximate surface area is 153 Å². The number of carboxylic acids is 1. The van der Waals surface area contributed by atoms with Crippen LogP contribution in [0.15, 0.2) is 42.5 Å². The number of carboxylic acid groups (broad SMARTS) is 1. The standard InChI is InChI=1S/C16H12Cl2N2O3S/c17-10-7-11(15(22)23)14(12(18)8-10)20-16(24)19-13(21)6-9-4-2-1-3-5-9/h1-5,7-8H,6H2,(H,22,23)(H2,19,20,21,24). The van der Waals surface area contributed by atoms with E-state index in [1.807, 2.05) is 30.3 Å². The summed E-state index contributed by atoms with van der Waals surface area (Å²) >= 11 is 16.8. The summed E-state index contributed by atoms with van der Waals surface area (Å²) in [5.41, 5.74) is 0.749. The Morgan fingerprint density at radius 2 is 1.79 bits per heavy atom. The first kappa shape index (κ1) is 18.2. The number of aromatic carboxylic acids is 1. The van der Waals surface area contributed by atoms with E-state index in [0.29, 0.717) is 0 Å². The number of nitrogens with one attached hydrogen (secondary N) is 2. The molecule has 0 fully saturated rings. The molecule has 2 aromatic carbocycles. The van der Waals surface area contributed by atoms with Crippen molar-refractivity contribution >= 4 is 58.1 Å². The van der Waals surface area contributed by atoms with Gasteiger partial charge in [-0.15, -0.1) is 0 Å². The molecule has 124 valence electrons. The molecule has 0 radical (unpaired) electrons. The van der Waals surface area contributed by atoms with Gasteiger partial charge in [-0.3, -0.25) is 4.79 Å². The highest BCUT2D eigenvalue weighted by Gasteiger charge is 2.17. The number of anilines is 1. The molecule has 2 rings (SSSR count). The maximum absolute atomic E-state index is 12.0. The third-order valence-electron chi connectivity index (χ3n) is 2.98. The van der Waals surface area contributed by atoms with Crippen molar-refractivity contribution in [2.24, 2.45) is 0 Å². The molecule has 0 aromatic heterocycles. The van der Waals surface area contributed by atoms with Gasteiger partial charge in [0.15, 0.2) is 5.11 Å². The fourth-order valence-electron chi connectivity index (χ4n) is 1.97. The fourth-order valence-corrected chi connectivity index (χ4v) is 2.72. The number of hydrogen-bond acceptors (Lipinski definition) is 3. The largest absolute Gasteiger partial charge is 0.478 e. The molecule has 0 heterocycles. The minimum Gasteiger partial charge on any atom is -0.478 e. The predicted octanol–water partition coefficient (Wildman–Crippen LogP) is 3.75. The molecular formula is C16H12Cl2N2O3S. The van der Waals surface area contributed by atoms with E-state index in [9.17, 15) is 14.7 Å². The number of carbonyl (C=O) groups excluding carboxylic acids is 1. The Balaban J connectivity index is 2.07. The summed E-state index contributed by atoms with van der Waals surface area (Å²) in [4.78, 5) is 23.2. The second kappa shape index (κ2) is 8.10. The number of carbonyl (C=O) groups is 2. The lowest BCUT2D eigenvalue weighted by molar-refractivity contribution is -0.119. The van der Waals surface area contributed by atoms with E-state index in [0.717, 1.165) is 5.56 Å². The van der Waals surface area contributed by atoms with Crippen molar-refractivity contribution in [3.8, 4) is 0 Å². The molecule has 5 nitrogen and oxygen atoms in total. The van der Waals surface area contributed by atoms with E-state index < -0.39 is 5.97 Å². The molecule has 0 saturated heterocycles. The second-order valence-electron chi connectivity index (χ2n) is 4.78. The Kier molecular flexibility index (Phi) is 6.14. The summed E-state index contributed by atoms with van der Waals surface area (Å²) in [6.45, 7) is 0. The van der Waals surface area contributed by atoms with Crippen LogP contribution in [0.25, 0.3) is 0 Å². The van der Waals surface area contributed by atoms with Crippen molar-refractivity contribution < 1.29 is 14.7 Å². The minimum atomic E-state index is -1.22. The van der Waals surface area contributed by atoms with Gasteiger partial charge in [0.2, 0.25) is 5.91 Å². The molecule has 0 unspecified atom stereocenters. The first-order chi connectivity index (χ1) is 11.4.